The molecule has 0 aromatic carbocycles. The first-order valence-corrected chi connectivity index (χ1v) is 6.80. The normalized spacial score (nSPS) is 34.0. The molecule has 2 aliphatic rings. The molecule has 4 nitrogen and oxygen atoms in total. The van der Waals surface area contributed by atoms with Gasteiger partial charge in [0.25, 0.3) is 0 Å². The molecular weight excluding hydrogens is 216 g/mol. The molecule has 0 saturated carbocycles. The SMILES string of the molecule is CC1(C(=O)N2CCCC2CCO)CCCNC1. The van der Waals surface area contributed by atoms with E-state index >= 15 is 0 Å². The molecule has 0 aliphatic carbocycles. The van der Waals surface area contributed by atoms with Crippen molar-refractivity contribution in [2.45, 2.75) is 45.1 Å². The third-order valence-corrected chi connectivity index (χ3v) is 4.21. The zero-order chi connectivity index (χ0) is 12.3. The Hall–Kier alpha value is -0.610. The van der Waals surface area contributed by atoms with Gasteiger partial charge in [-0.05, 0) is 45.6 Å². The third kappa shape index (κ3) is 2.63. The zero-order valence-corrected chi connectivity index (χ0v) is 10.7. The molecular formula is C13H24N2O2. The lowest BCUT2D eigenvalue weighted by atomic mass is 9.81. The molecule has 0 radical (unpaired) electrons. The van der Waals surface area contributed by atoms with Crippen LogP contribution in [0.25, 0.3) is 0 Å². The van der Waals surface area contributed by atoms with E-state index in [4.69, 9.17) is 5.11 Å². The number of nitrogens with one attached hydrogen (secondary N) is 1. The highest BCUT2D eigenvalue weighted by Crippen LogP contribution is 2.32. The number of carbonyl (C=O) groups is 1. The summed E-state index contributed by atoms with van der Waals surface area (Å²) in [4.78, 5) is 14.6. The van der Waals surface area contributed by atoms with Gasteiger partial charge in [0.05, 0.1) is 5.41 Å². The molecule has 98 valence electrons. The fraction of sp³-hybridized carbons (Fsp3) is 0.923. The summed E-state index contributed by atoms with van der Waals surface area (Å²) in [6, 6.07) is 0.270. The number of aliphatic hydroxyl groups is 1. The van der Waals surface area contributed by atoms with Gasteiger partial charge >= 0.3 is 0 Å². The summed E-state index contributed by atoms with van der Waals surface area (Å²) in [6.07, 6.45) is 4.94. The molecule has 0 aromatic heterocycles. The monoisotopic (exact) mass is 240 g/mol. The molecule has 2 heterocycles. The van der Waals surface area contributed by atoms with E-state index in [0.717, 1.165) is 51.7 Å². The van der Waals surface area contributed by atoms with Gasteiger partial charge in [0, 0.05) is 25.7 Å². The third-order valence-electron chi connectivity index (χ3n) is 4.21. The Morgan fingerprint density at radius 2 is 2.35 bits per heavy atom. The second-order valence-corrected chi connectivity index (χ2v) is 5.65. The Morgan fingerprint density at radius 1 is 1.53 bits per heavy atom. The van der Waals surface area contributed by atoms with E-state index in [-0.39, 0.29) is 18.1 Å². The number of carbonyl (C=O) groups excluding carboxylic acids is 1. The topological polar surface area (TPSA) is 52.6 Å². The molecule has 1 amide bonds. The molecule has 2 unspecified atom stereocenters. The maximum Gasteiger partial charge on any atom is 0.230 e. The summed E-state index contributed by atoms with van der Waals surface area (Å²) in [5, 5.41) is 12.4. The molecule has 17 heavy (non-hydrogen) atoms. The van der Waals surface area contributed by atoms with Crippen molar-refractivity contribution in [1.82, 2.24) is 10.2 Å². The van der Waals surface area contributed by atoms with Crippen LogP contribution in [0.2, 0.25) is 0 Å². The van der Waals surface area contributed by atoms with Gasteiger partial charge in [-0.3, -0.25) is 4.79 Å². The van der Waals surface area contributed by atoms with E-state index in [2.05, 4.69) is 12.2 Å². The first-order valence-electron chi connectivity index (χ1n) is 6.80. The van der Waals surface area contributed by atoms with Crippen molar-refractivity contribution < 1.29 is 9.90 Å². The number of rotatable bonds is 3. The molecule has 2 fully saturated rings. The smallest absolute Gasteiger partial charge is 0.230 e. The highest BCUT2D eigenvalue weighted by atomic mass is 16.3. The Balaban J connectivity index is 2.02. The minimum atomic E-state index is -0.226. The van der Waals surface area contributed by atoms with Gasteiger partial charge < -0.3 is 15.3 Å². The van der Waals surface area contributed by atoms with Crippen LogP contribution in [-0.2, 0) is 4.79 Å². The first kappa shape index (κ1) is 12.8. The Morgan fingerprint density at radius 3 is 3.00 bits per heavy atom. The lowest BCUT2D eigenvalue weighted by Crippen LogP contribution is -2.51. The van der Waals surface area contributed by atoms with E-state index in [9.17, 15) is 4.79 Å². The van der Waals surface area contributed by atoms with Crippen LogP contribution in [0.5, 0.6) is 0 Å². The number of hydrogen-bond donors (Lipinski definition) is 2. The molecule has 0 bridgehead atoms. The van der Waals surface area contributed by atoms with E-state index in [1.54, 1.807) is 0 Å². The van der Waals surface area contributed by atoms with E-state index < -0.39 is 0 Å². The summed E-state index contributed by atoms with van der Waals surface area (Å²) in [5.74, 6) is 0.292. The van der Waals surface area contributed by atoms with Crippen LogP contribution in [0.15, 0.2) is 0 Å². The summed E-state index contributed by atoms with van der Waals surface area (Å²) in [5.41, 5.74) is -0.226. The van der Waals surface area contributed by atoms with Crippen LogP contribution in [0.1, 0.15) is 39.0 Å². The largest absolute Gasteiger partial charge is 0.396 e. The maximum atomic E-state index is 12.6. The van der Waals surface area contributed by atoms with Gasteiger partial charge in [0.15, 0.2) is 0 Å². The van der Waals surface area contributed by atoms with Crippen molar-refractivity contribution >= 4 is 5.91 Å². The second-order valence-electron chi connectivity index (χ2n) is 5.65. The van der Waals surface area contributed by atoms with E-state index in [1.165, 1.54) is 0 Å². The molecule has 0 aromatic rings. The van der Waals surface area contributed by atoms with Crippen LogP contribution in [0, 0.1) is 5.41 Å². The lowest BCUT2D eigenvalue weighted by Gasteiger charge is -2.38. The summed E-state index contributed by atoms with van der Waals surface area (Å²) >= 11 is 0. The van der Waals surface area contributed by atoms with Crippen LogP contribution in [-0.4, -0.2) is 48.2 Å². The highest BCUT2D eigenvalue weighted by Gasteiger charge is 2.41. The van der Waals surface area contributed by atoms with Gasteiger partial charge in [-0.15, -0.1) is 0 Å². The lowest BCUT2D eigenvalue weighted by molar-refractivity contribution is -0.143. The molecule has 2 rings (SSSR count). The van der Waals surface area contributed by atoms with Crippen molar-refractivity contribution in [3.05, 3.63) is 0 Å². The zero-order valence-electron chi connectivity index (χ0n) is 10.7. The minimum absolute atomic E-state index is 0.184. The molecule has 2 aliphatic heterocycles. The fourth-order valence-electron chi connectivity index (χ4n) is 3.14. The number of likely N-dealkylation sites (tertiary alicyclic amines) is 1. The van der Waals surface area contributed by atoms with Crippen LogP contribution in [0.4, 0.5) is 0 Å². The quantitative estimate of drug-likeness (QED) is 0.765. The highest BCUT2D eigenvalue weighted by molar-refractivity contribution is 5.83. The van der Waals surface area contributed by atoms with Gasteiger partial charge in [-0.2, -0.15) is 0 Å². The predicted octanol–water partition coefficient (Wildman–Crippen LogP) is 0.749. The Bertz CT molecular complexity index is 275. The standard InChI is InChI=1S/C13H24N2O2/c1-13(6-3-7-14-10-13)12(17)15-8-2-4-11(15)5-9-16/h11,14,16H,2-10H2,1H3. The van der Waals surface area contributed by atoms with Gasteiger partial charge in [0.2, 0.25) is 5.91 Å². The van der Waals surface area contributed by atoms with Crippen LogP contribution >= 0.6 is 0 Å². The first-order chi connectivity index (χ1) is 8.17. The Labute approximate surface area is 103 Å². The fourth-order valence-corrected chi connectivity index (χ4v) is 3.14. The van der Waals surface area contributed by atoms with E-state index in [1.807, 2.05) is 4.90 Å². The van der Waals surface area contributed by atoms with Crippen LogP contribution < -0.4 is 5.32 Å². The maximum absolute atomic E-state index is 12.6. The average Bonchev–Trinajstić information content (AvgIpc) is 2.78. The van der Waals surface area contributed by atoms with E-state index in [0.29, 0.717) is 5.91 Å². The predicted molar refractivity (Wildman–Crippen MR) is 66.6 cm³/mol. The molecule has 2 saturated heterocycles. The number of nitrogens with zero attached hydrogens (tertiary/aromatic N) is 1. The minimum Gasteiger partial charge on any atom is -0.396 e. The van der Waals surface area contributed by atoms with Gasteiger partial charge in [-0.1, -0.05) is 0 Å². The van der Waals surface area contributed by atoms with Crippen molar-refractivity contribution in [3.8, 4) is 0 Å². The molecule has 4 heteroatoms. The Kier molecular flexibility index (Phi) is 4.05. The summed E-state index contributed by atoms with van der Waals surface area (Å²) < 4.78 is 0. The van der Waals surface area contributed by atoms with Crippen molar-refractivity contribution in [2.24, 2.45) is 5.41 Å². The van der Waals surface area contributed by atoms with Crippen molar-refractivity contribution in [3.63, 3.8) is 0 Å². The number of amides is 1. The number of hydrogen-bond acceptors (Lipinski definition) is 3. The number of aliphatic hydroxyl groups excluding tert-OH is 1. The average molecular weight is 240 g/mol. The molecule has 2 atom stereocenters. The molecule has 0 spiro atoms. The van der Waals surface area contributed by atoms with Crippen molar-refractivity contribution in [1.29, 1.82) is 0 Å². The number of piperidine rings is 1. The van der Waals surface area contributed by atoms with Gasteiger partial charge in [0.1, 0.15) is 0 Å². The summed E-state index contributed by atoms with van der Waals surface area (Å²) in [6.45, 7) is 4.97. The molecule has 2 N–H and O–H groups in total. The van der Waals surface area contributed by atoms with Crippen LogP contribution in [0.3, 0.4) is 0 Å². The van der Waals surface area contributed by atoms with Gasteiger partial charge in [-0.25, -0.2) is 0 Å². The second kappa shape index (κ2) is 5.36. The van der Waals surface area contributed by atoms with Crippen molar-refractivity contribution in [2.75, 3.05) is 26.2 Å². The summed E-state index contributed by atoms with van der Waals surface area (Å²) in [7, 11) is 0.